The van der Waals surface area contributed by atoms with E-state index in [1.54, 1.807) is 5.57 Å². The number of anilines is 1. The van der Waals surface area contributed by atoms with Crippen molar-refractivity contribution >= 4 is 22.5 Å². The van der Waals surface area contributed by atoms with E-state index >= 15 is 0 Å². The molecular formula is C21H24N2O. The lowest BCUT2D eigenvalue weighted by atomic mass is 9.70. The molecule has 3 nitrogen and oxygen atoms in total. The fourth-order valence-corrected chi connectivity index (χ4v) is 4.19. The molecular weight excluding hydrogens is 296 g/mol. The molecule has 0 radical (unpaired) electrons. The topological polar surface area (TPSA) is 41.1 Å². The number of allylic oxidation sites excluding steroid dienone is 2. The number of rotatable bonds is 2. The van der Waals surface area contributed by atoms with E-state index < -0.39 is 0 Å². The van der Waals surface area contributed by atoms with Crippen LogP contribution in [-0.4, -0.2) is 12.1 Å². The van der Waals surface area contributed by atoms with Crippen LogP contribution in [0.5, 0.6) is 0 Å². The number of urea groups is 1. The molecule has 24 heavy (non-hydrogen) atoms. The summed E-state index contributed by atoms with van der Waals surface area (Å²) in [6, 6.07) is 14.4. The molecule has 2 N–H and O–H groups in total. The molecule has 2 aliphatic rings. The van der Waals surface area contributed by atoms with Gasteiger partial charge in [0.05, 0.1) is 0 Å². The predicted octanol–water partition coefficient (Wildman–Crippen LogP) is 5.10. The zero-order valence-corrected chi connectivity index (χ0v) is 14.1. The summed E-state index contributed by atoms with van der Waals surface area (Å²) < 4.78 is 0. The summed E-state index contributed by atoms with van der Waals surface area (Å²) in [6.45, 7) is 2.30. The Kier molecular flexibility index (Phi) is 4.01. The van der Waals surface area contributed by atoms with Crippen LogP contribution in [0.1, 0.15) is 32.6 Å². The maximum absolute atomic E-state index is 12.4. The van der Waals surface area contributed by atoms with Crippen molar-refractivity contribution in [3.63, 3.8) is 0 Å². The Labute approximate surface area is 143 Å². The molecule has 0 heterocycles. The van der Waals surface area contributed by atoms with E-state index in [2.05, 4.69) is 35.8 Å². The minimum Gasteiger partial charge on any atom is -0.335 e. The minimum absolute atomic E-state index is 0.0829. The lowest BCUT2D eigenvalue weighted by molar-refractivity contribution is 0.205. The summed E-state index contributed by atoms with van der Waals surface area (Å²) >= 11 is 0. The van der Waals surface area contributed by atoms with E-state index in [0.29, 0.717) is 11.8 Å². The van der Waals surface area contributed by atoms with Crippen molar-refractivity contribution in [3.8, 4) is 0 Å². The van der Waals surface area contributed by atoms with Gasteiger partial charge in [-0.05, 0) is 60.4 Å². The van der Waals surface area contributed by atoms with Crippen LogP contribution in [0.25, 0.3) is 10.8 Å². The number of carbonyl (C=O) groups is 1. The average Bonchev–Trinajstić information content (AvgIpc) is 2.60. The molecule has 2 amide bonds. The Morgan fingerprint density at radius 3 is 2.83 bits per heavy atom. The summed E-state index contributed by atoms with van der Waals surface area (Å²) in [5.41, 5.74) is 2.44. The zero-order chi connectivity index (χ0) is 16.5. The van der Waals surface area contributed by atoms with Gasteiger partial charge >= 0.3 is 6.03 Å². The Morgan fingerprint density at radius 2 is 1.96 bits per heavy atom. The second-order valence-corrected chi connectivity index (χ2v) is 7.25. The zero-order valence-electron chi connectivity index (χ0n) is 14.1. The Balaban J connectivity index is 1.43. The highest BCUT2D eigenvalue weighted by molar-refractivity contribution is 5.93. The Morgan fingerprint density at radius 1 is 1.12 bits per heavy atom. The average molecular weight is 320 g/mol. The molecule has 2 unspecified atom stereocenters. The maximum atomic E-state index is 12.4. The first-order valence-electron chi connectivity index (χ1n) is 8.93. The molecule has 4 rings (SSSR count). The molecule has 0 aromatic heterocycles. The molecule has 0 aliphatic heterocycles. The minimum atomic E-state index is -0.0829. The van der Waals surface area contributed by atoms with Gasteiger partial charge in [0.25, 0.3) is 0 Å². The van der Waals surface area contributed by atoms with Crippen LogP contribution >= 0.6 is 0 Å². The van der Waals surface area contributed by atoms with Gasteiger partial charge in [-0.1, -0.05) is 48.9 Å². The summed E-state index contributed by atoms with van der Waals surface area (Å²) in [7, 11) is 0. The van der Waals surface area contributed by atoms with Gasteiger partial charge in [-0.2, -0.15) is 0 Å². The lowest BCUT2D eigenvalue weighted by Gasteiger charge is -2.40. The van der Waals surface area contributed by atoms with Crippen LogP contribution in [0.4, 0.5) is 10.5 Å². The van der Waals surface area contributed by atoms with Crippen molar-refractivity contribution in [3.05, 3.63) is 54.1 Å². The third-order valence-electron chi connectivity index (χ3n) is 5.62. The van der Waals surface area contributed by atoms with Gasteiger partial charge in [0.15, 0.2) is 0 Å². The highest BCUT2D eigenvalue weighted by Gasteiger charge is 2.34. The molecule has 0 saturated heterocycles. The molecule has 124 valence electrons. The second kappa shape index (κ2) is 6.31. The van der Waals surface area contributed by atoms with Gasteiger partial charge in [0, 0.05) is 11.7 Å². The van der Waals surface area contributed by atoms with E-state index in [4.69, 9.17) is 0 Å². The van der Waals surface area contributed by atoms with Gasteiger partial charge in [0.2, 0.25) is 0 Å². The fourth-order valence-electron chi connectivity index (χ4n) is 4.19. The van der Waals surface area contributed by atoms with Crippen LogP contribution in [0.3, 0.4) is 0 Å². The van der Waals surface area contributed by atoms with Crippen LogP contribution in [0.2, 0.25) is 0 Å². The van der Waals surface area contributed by atoms with E-state index in [1.807, 2.05) is 30.3 Å². The number of fused-ring (bicyclic) bond motifs is 3. The summed E-state index contributed by atoms with van der Waals surface area (Å²) in [6.07, 6.45) is 6.91. The smallest absolute Gasteiger partial charge is 0.319 e. The normalized spacial score (nSPS) is 25.9. The first-order chi connectivity index (χ1) is 11.7. The van der Waals surface area contributed by atoms with Crippen molar-refractivity contribution in [1.29, 1.82) is 0 Å². The van der Waals surface area contributed by atoms with E-state index in [1.165, 1.54) is 5.39 Å². The van der Waals surface area contributed by atoms with Crippen LogP contribution in [0, 0.1) is 11.8 Å². The third-order valence-corrected chi connectivity index (χ3v) is 5.62. The molecule has 1 saturated carbocycles. The third kappa shape index (κ3) is 3.03. The number of benzene rings is 2. The molecule has 1 fully saturated rings. The van der Waals surface area contributed by atoms with Gasteiger partial charge in [-0.25, -0.2) is 4.79 Å². The van der Waals surface area contributed by atoms with Crippen molar-refractivity contribution in [2.24, 2.45) is 11.8 Å². The Hall–Kier alpha value is -2.29. The molecule has 2 aromatic carbocycles. The van der Waals surface area contributed by atoms with E-state index in [9.17, 15) is 4.79 Å². The highest BCUT2D eigenvalue weighted by Crippen LogP contribution is 2.39. The molecule has 2 aliphatic carbocycles. The van der Waals surface area contributed by atoms with E-state index in [-0.39, 0.29) is 12.1 Å². The number of nitrogens with one attached hydrogen (secondary N) is 2. The predicted molar refractivity (Wildman–Crippen MR) is 99.1 cm³/mol. The van der Waals surface area contributed by atoms with Crippen molar-refractivity contribution < 1.29 is 4.79 Å². The molecule has 0 spiro atoms. The Bertz CT molecular complexity index is 795. The molecule has 3 heteroatoms. The number of amides is 2. The van der Waals surface area contributed by atoms with Gasteiger partial charge in [-0.3, -0.25) is 0 Å². The first kappa shape index (κ1) is 15.3. The first-order valence-corrected chi connectivity index (χ1v) is 8.93. The quantitative estimate of drug-likeness (QED) is 0.743. The number of hydrogen-bond acceptors (Lipinski definition) is 1. The van der Waals surface area contributed by atoms with E-state index in [0.717, 1.165) is 36.8 Å². The monoisotopic (exact) mass is 320 g/mol. The van der Waals surface area contributed by atoms with Crippen molar-refractivity contribution in [1.82, 2.24) is 5.32 Å². The molecule has 2 bridgehead atoms. The van der Waals surface area contributed by atoms with Gasteiger partial charge in [0.1, 0.15) is 0 Å². The SMILES string of the molecule is C[C@@H]1CC=C2CCC(NC(=O)Nc3ccc4ccccc4c3)C1C2. The maximum Gasteiger partial charge on any atom is 0.319 e. The number of hydrogen-bond donors (Lipinski definition) is 2. The van der Waals surface area contributed by atoms with Crippen LogP contribution in [-0.2, 0) is 0 Å². The lowest BCUT2D eigenvalue weighted by Crippen LogP contribution is -2.47. The fraction of sp³-hybridized carbons (Fsp3) is 0.381. The van der Waals surface area contributed by atoms with Crippen LogP contribution in [0.15, 0.2) is 54.1 Å². The standard InChI is InChI=1S/C21H24N2O/c1-14-6-7-15-8-11-20(19(14)12-15)23-21(24)22-18-10-9-16-4-2-3-5-17(16)13-18/h2-5,7,9-10,13-14,19-20H,6,8,11-12H2,1H3,(H2,22,23,24)/t14-,19?,20?/m1/s1. The molecule has 3 atom stereocenters. The highest BCUT2D eigenvalue weighted by atomic mass is 16.2. The largest absolute Gasteiger partial charge is 0.335 e. The van der Waals surface area contributed by atoms with Gasteiger partial charge in [-0.15, -0.1) is 0 Å². The second-order valence-electron chi connectivity index (χ2n) is 7.25. The summed E-state index contributed by atoms with van der Waals surface area (Å²) in [5.74, 6) is 1.24. The van der Waals surface area contributed by atoms with Crippen molar-refractivity contribution in [2.75, 3.05) is 5.32 Å². The molecule has 2 aromatic rings. The number of carbonyl (C=O) groups excluding carboxylic acids is 1. The van der Waals surface area contributed by atoms with Gasteiger partial charge < -0.3 is 10.6 Å². The van der Waals surface area contributed by atoms with Crippen LogP contribution < -0.4 is 10.6 Å². The summed E-state index contributed by atoms with van der Waals surface area (Å²) in [5, 5.41) is 8.56. The van der Waals surface area contributed by atoms with Crippen molar-refractivity contribution in [2.45, 2.75) is 38.6 Å². The summed E-state index contributed by atoms with van der Waals surface area (Å²) in [4.78, 5) is 12.4.